The van der Waals surface area contributed by atoms with Crippen LogP contribution < -0.4 is 4.74 Å². The van der Waals surface area contributed by atoms with Crippen LogP contribution in [0.15, 0.2) is 60.0 Å². The highest BCUT2D eigenvalue weighted by Gasteiger charge is 2.32. The monoisotopic (exact) mass is 346 g/mol. The molecule has 130 valence electrons. The van der Waals surface area contributed by atoms with Crippen molar-refractivity contribution in [2.75, 3.05) is 7.11 Å². The molecule has 2 aromatic carbocycles. The van der Waals surface area contributed by atoms with Crippen LogP contribution in [0.3, 0.4) is 0 Å². The number of fused-ring (bicyclic) bond motifs is 1. The van der Waals surface area contributed by atoms with Gasteiger partial charge in [0, 0.05) is 31.3 Å². The number of para-hydroxylation sites is 1. The number of methoxy groups -OCH3 is 1. The molecule has 6 heteroatoms. The Balaban J connectivity index is 1.74. The number of carbonyl (C=O) groups is 1. The van der Waals surface area contributed by atoms with Gasteiger partial charge in [0.25, 0.3) is 0 Å². The first kappa shape index (κ1) is 16.2. The lowest BCUT2D eigenvalue weighted by Crippen LogP contribution is -2.24. The second kappa shape index (κ2) is 6.55. The fourth-order valence-corrected chi connectivity index (χ4v) is 3.29. The minimum Gasteiger partial charge on any atom is -0.496 e. The van der Waals surface area contributed by atoms with Gasteiger partial charge in [-0.15, -0.1) is 0 Å². The molecule has 0 radical (unpaired) electrons. The third-order valence-corrected chi connectivity index (χ3v) is 4.53. The van der Waals surface area contributed by atoms with E-state index in [2.05, 4.69) is 15.1 Å². The van der Waals surface area contributed by atoms with E-state index >= 15 is 0 Å². The van der Waals surface area contributed by atoms with Crippen LogP contribution in [0.25, 0.3) is 11.0 Å². The van der Waals surface area contributed by atoms with E-state index < -0.39 is 0 Å². The van der Waals surface area contributed by atoms with Crippen LogP contribution in [-0.4, -0.2) is 33.7 Å². The predicted octanol–water partition coefficient (Wildman–Crippen LogP) is 3.34. The maximum Gasteiger partial charge on any atom is 0.240 e. The Hall–Kier alpha value is -3.28. The van der Waals surface area contributed by atoms with Crippen molar-refractivity contribution in [2.24, 2.45) is 5.10 Å². The fourth-order valence-electron chi connectivity index (χ4n) is 3.29. The summed E-state index contributed by atoms with van der Waals surface area (Å²) in [5, 5.41) is 6.13. The summed E-state index contributed by atoms with van der Waals surface area (Å²) < 4.78 is 5.45. The molecule has 0 fully saturated rings. The van der Waals surface area contributed by atoms with Crippen molar-refractivity contribution in [3.05, 3.63) is 66.0 Å². The zero-order valence-corrected chi connectivity index (χ0v) is 14.6. The van der Waals surface area contributed by atoms with Crippen molar-refractivity contribution >= 4 is 22.7 Å². The molecular weight excluding hydrogens is 328 g/mol. The molecule has 0 spiro atoms. The lowest BCUT2D eigenvalue weighted by atomic mass is 9.97. The zero-order valence-electron chi connectivity index (χ0n) is 14.6. The van der Waals surface area contributed by atoms with Crippen LogP contribution in [0, 0.1) is 0 Å². The molecule has 0 unspecified atom stereocenters. The highest BCUT2D eigenvalue weighted by Crippen LogP contribution is 2.35. The Bertz CT molecular complexity index is 1020. The molecule has 0 bridgehead atoms. The molecule has 1 atom stereocenters. The normalized spacial score (nSPS) is 16.6. The van der Waals surface area contributed by atoms with Crippen LogP contribution in [0.2, 0.25) is 0 Å². The van der Waals surface area contributed by atoms with Gasteiger partial charge in [-0.2, -0.15) is 5.10 Å². The minimum absolute atomic E-state index is 0.0980. The number of nitrogens with zero attached hydrogens (tertiary/aromatic N) is 4. The summed E-state index contributed by atoms with van der Waals surface area (Å²) in [6, 6.07) is 13.4. The second-order valence-corrected chi connectivity index (χ2v) is 6.13. The van der Waals surface area contributed by atoms with Crippen molar-refractivity contribution in [1.29, 1.82) is 0 Å². The van der Waals surface area contributed by atoms with Crippen molar-refractivity contribution in [1.82, 2.24) is 15.0 Å². The minimum atomic E-state index is -0.168. The van der Waals surface area contributed by atoms with Crippen LogP contribution in [0.1, 0.15) is 30.5 Å². The SMILES string of the molecule is COc1ccccc1C1=NN(C(C)=O)[C@@H](c2ccc3nccnc3c2)C1. The summed E-state index contributed by atoms with van der Waals surface area (Å²) in [4.78, 5) is 20.8. The summed E-state index contributed by atoms with van der Waals surface area (Å²) in [7, 11) is 1.64. The van der Waals surface area contributed by atoms with Gasteiger partial charge in [-0.05, 0) is 29.8 Å². The lowest BCUT2D eigenvalue weighted by molar-refractivity contribution is -0.130. The number of amides is 1. The van der Waals surface area contributed by atoms with E-state index in [-0.39, 0.29) is 11.9 Å². The number of rotatable bonds is 3. The maximum absolute atomic E-state index is 12.2. The predicted molar refractivity (Wildman–Crippen MR) is 98.9 cm³/mol. The fraction of sp³-hybridized carbons (Fsp3) is 0.200. The third kappa shape index (κ3) is 2.79. The first-order chi connectivity index (χ1) is 12.7. The van der Waals surface area contributed by atoms with Crippen LogP contribution in [0.4, 0.5) is 0 Å². The Morgan fingerprint density at radius 2 is 1.88 bits per heavy atom. The second-order valence-electron chi connectivity index (χ2n) is 6.13. The third-order valence-electron chi connectivity index (χ3n) is 4.53. The molecule has 0 N–H and O–H groups in total. The summed E-state index contributed by atoms with van der Waals surface area (Å²) >= 11 is 0. The summed E-state index contributed by atoms with van der Waals surface area (Å²) in [5.74, 6) is 0.652. The standard InChI is InChI=1S/C20H18N4O2/c1-13(25)24-19(14-7-8-16-18(11-14)22-10-9-21-16)12-17(23-24)15-5-3-4-6-20(15)26-2/h3-11,19H,12H2,1-2H3/t19-/m1/s1. The molecule has 6 nitrogen and oxygen atoms in total. The van der Waals surface area contributed by atoms with Gasteiger partial charge in [-0.1, -0.05) is 18.2 Å². The van der Waals surface area contributed by atoms with E-state index in [9.17, 15) is 4.79 Å². The average Bonchev–Trinajstić information content (AvgIpc) is 3.13. The molecular formula is C20H18N4O2. The summed E-state index contributed by atoms with van der Waals surface area (Å²) in [5.41, 5.74) is 4.36. The average molecular weight is 346 g/mol. The van der Waals surface area contributed by atoms with E-state index in [1.165, 1.54) is 6.92 Å². The van der Waals surface area contributed by atoms with E-state index in [0.717, 1.165) is 33.6 Å². The summed E-state index contributed by atoms with van der Waals surface area (Å²) in [6.45, 7) is 1.53. The van der Waals surface area contributed by atoms with Crippen molar-refractivity contribution in [3.8, 4) is 5.75 Å². The number of benzene rings is 2. The Morgan fingerprint density at radius 1 is 1.12 bits per heavy atom. The molecule has 1 aliphatic heterocycles. The van der Waals surface area contributed by atoms with E-state index in [1.807, 2.05) is 42.5 Å². The van der Waals surface area contributed by atoms with Gasteiger partial charge in [0.2, 0.25) is 5.91 Å². The molecule has 1 amide bonds. The van der Waals surface area contributed by atoms with Gasteiger partial charge < -0.3 is 4.74 Å². The van der Waals surface area contributed by atoms with Crippen LogP contribution >= 0.6 is 0 Å². The quantitative estimate of drug-likeness (QED) is 0.729. The Kier molecular flexibility index (Phi) is 4.08. The molecule has 2 heterocycles. The van der Waals surface area contributed by atoms with Gasteiger partial charge in [0.1, 0.15) is 5.75 Å². The zero-order chi connectivity index (χ0) is 18.1. The highest BCUT2D eigenvalue weighted by atomic mass is 16.5. The van der Waals surface area contributed by atoms with E-state index in [0.29, 0.717) is 6.42 Å². The molecule has 3 aromatic rings. The van der Waals surface area contributed by atoms with Crippen molar-refractivity contribution < 1.29 is 9.53 Å². The number of carbonyl (C=O) groups excluding carboxylic acids is 1. The molecule has 1 aliphatic rings. The first-order valence-electron chi connectivity index (χ1n) is 8.38. The van der Waals surface area contributed by atoms with Gasteiger partial charge in [-0.25, -0.2) is 5.01 Å². The van der Waals surface area contributed by atoms with Crippen LogP contribution in [-0.2, 0) is 4.79 Å². The molecule has 0 aliphatic carbocycles. The molecule has 4 rings (SSSR count). The van der Waals surface area contributed by atoms with Crippen molar-refractivity contribution in [2.45, 2.75) is 19.4 Å². The number of hydrogen-bond donors (Lipinski definition) is 0. The van der Waals surface area contributed by atoms with Crippen molar-refractivity contribution in [3.63, 3.8) is 0 Å². The Morgan fingerprint density at radius 3 is 2.65 bits per heavy atom. The Labute approximate surface area is 151 Å². The molecule has 0 saturated carbocycles. The lowest BCUT2D eigenvalue weighted by Gasteiger charge is -2.20. The molecule has 1 aromatic heterocycles. The van der Waals surface area contributed by atoms with Gasteiger partial charge in [0.05, 0.1) is 29.9 Å². The number of ether oxygens (including phenoxy) is 1. The first-order valence-corrected chi connectivity index (χ1v) is 8.38. The van der Waals surface area contributed by atoms with E-state index in [4.69, 9.17) is 4.74 Å². The highest BCUT2D eigenvalue weighted by molar-refractivity contribution is 6.05. The largest absolute Gasteiger partial charge is 0.496 e. The topological polar surface area (TPSA) is 67.7 Å². The van der Waals surface area contributed by atoms with Gasteiger partial charge in [-0.3, -0.25) is 14.8 Å². The molecule has 0 saturated heterocycles. The van der Waals surface area contributed by atoms with Gasteiger partial charge >= 0.3 is 0 Å². The number of hydrazone groups is 1. The van der Waals surface area contributed by atoms with Crippen LogP contribution in [0.5, 0.6) is 5.75 Å². The number of hydrogen-bond acceptors (Lipinski definition) is 5. The van der Waals surface area contributed by atoms with E-state index in [1.54, 1.807) is 24.5 Å². The molecule has 26 heavy (non-hydrogen) atoms. The summed E-state index contributed by atoms with van der Waals surface area (Å²) in [6.07, 6.45) is 3.95. The smallest absolute Gasteiger partial charge is 0.240 e. The number of aromatic nitrogens is 2. The van der Waals surface area contributed by atoms with Gasteiger partial charge in [0.15, 0.2) is 0 Å². The maximum atomic E-state index is 12.2.